The molecule has 11 nitrogen and oxygen atoms in total. The topological polar surface area (TPSA) is 142 Å². The summed E-state index contributed by atoms with van der Waals surface area (Å²) in [6, 6.07) is 5.13. The Morgan fingerprint density at radius 3 is 2.33 bits per heavy atom. The Balaban J connectivity index is 1.81. The smallest absolute Gasteiger partial charge is 0.197 e. The first-order valence-electron chi connectivity index (χ1n) is 10.6. The van der Waals surface area contributed by atoms with Crippen LogP contribution in [0.1, 0.15) is 30.4 Å². The fourth-order valence-electron chi connectivity index (χ4n) is 3.48. The summed E-state index contributed by atoms with van der Waals surface area (Å²) < 4.78 is 52.5. The number of hydrogen-bond donors (Lipinski definition) is 1. The van der Waals surface area contributed by atoms with E-state index in [2.05, 4.69) is 25.1 Å². The average molecular weight is 535 g/mol. The van der Waals surface area contributed by atoms with Crippen LogP contribution in [0.15, 0.2) is 36.0 Å². The molecule has 36 heavy (non-hydrogen) atoms. The Kier molecular flexibility index (Phi) is 7.28. The van der Waals surface area contributed by atoms with Gasteiger partial charge in [-0.2, -0.15) is 0 Å². The first-order valence-corrected chi connectivity index (χ1v) is 13.2. The van der Waals surface area contributed by atoms with Gasteiger partial charge in [0.2, 0.25) is 0 Å². The van der Waals surface area contributed by atoms with E-state index in [1.165, 1.54) is 37.0 Å². The van der Waals surface area contributed by atoms with Crippen molar-refractivity contribution in [3.8, 4) is 28.0 Å². The van der Waals surface area contributed by atoms with Crippen molar-refractivity contribution in [2.24, 2.45) is 0 Å². The first-order chi connectivity index (χ1) is 17.2. The van der Waals surface area contributed by atoms with Crippen molar-refractivity contribution in [2.45, 2.75) is 31.0 Å². The molecule has 0 bridgehead atoms. The first kappa shape index (κ1) is 25.6. The number of aryl methyl sites for hydroxylation is 1. The van der Waals surface area contributed by atoms with Crippen LogP contribution in [0.3, 0.4) is 0 Å². The molecule has 0 aliphatic carbocycles. The molecule has 0 unspecified atom stereocenters. The van der Waals surface area contributed by atoms with Gasteiger partial charge in [-0.3, -0.25) is 4.57 Å². The van der Waals surface area contributed by atoms with Gasteiger partial charge in [0.15, 0.2) is 38.1 Å². The number of aromatic nitrogens is 6. The number of halogens is 1. The van der Waals surface area contributed by atoms with Crippen molar-refractivity contribution in [2.75, 3.05) is 14.2 Å². The number of aliphatic hydroxyl groups is 1. The molecule has 1 N–H and O–H groups in total. The van der Waals surface area contributed by atoms with E-state index in [4.69, 9.17) is 9.47 Å². The van der Waals surface area contributed by atoms with E-state index in [0.29, 0.717) is 28.0 Å². The number of para-hydroxylation sites is 1. The lowest BCUT2D eigenvalue weighted by molar-refractivity contribution is 0.165. The molecule has 4 rings (SSSR count). The maximum atomic E-state index is 13.4. The van der Waals surface area contributed by atoms with E-state index in [-0.39, 0.29) is 11.6 Å². The molecule has 0 fully saturated rings. The predicted molar refractivity (Wildman–Crippen MR) is 129 cm³/mol. The molecule has 0 aliphatic rings. The zero-order chi connectivity index (χ0) is 26.0. The molecular weight excluding hydrogens is 511 g/mol. The highest BCUT2D eigenvalue weighted by Crippen LogP contribution is 2.37. The number of nitrogens with zero attached hydrogens (tertiary/aromatic N) is 6. The maximum Gasteiger partial charge on any atom is 0.197 e. The van der Waals surface area contributed by atoms with Crippen LogP contribution in [0.4, 0.5) is 4.39 Å². The standard InChI is InChI=1S/C22H23FN6O5S2/c1-12-10-35-22(26-12)21-28-27-17(29(21)18-15(33-3)6-5-7-16(18)34-4)11-36(31,32)13(2)19(30)20-24-8-14(23)9-25-20/h5-10,13,19,30H,11H2,1-4H3/t13-,19-/m1/s1. The van der Waals surface area contributed by atoms with E-state index < -0.39 is 32.8 Å². The monoisotopic (exact) mass is 534 g/mol. The Labute approximate surface area is 210 Å². The molecule has 1 aromatic carbocycles. The molecule has 14 heteroatoms. The second kappa shape index (κ2) is 10.2. The highest BCUT2D eigenvalue weighted by molar-refractivity contribution is 7.91. The average Bonchev–Trinajstić information content (AvgIpc) is 3.48. The van der Waals surface area contributed by atoms with Gasteiger partial charge < -0.3 is 14.6 Å². The van der Waals surface area contributed by atoms with Crippen LogP contribution in [-0.4, -0.2) is 62.7 Å². The van der Waals surface area contributed by atoms with Crippen LogP contribution in [0, 0.1) is 12.7 Å². The van der Waals surface area contributed by atoms with Crippen LogP contribution in [-0.2, 0) is 15.6 Å². The lowest BCUT2D eigenvalue weighted by Crippen LogP contribution is -2.29. The van der Waals surface area contributed by atoms with Crippen molar-refractivity contribution >= 4 is 21.2 Å². The Hall–Kier alpha value is -3.49. The highest BCUT2D eigenvalue weighted by atomic mass is 32.2. The summed E-state index contributed by atoms with van der Waals surface area (Å²) in [4.78, 5) is 11.9. The number of methoxy groups -OCH3 is 2. The van der Waals surface area contributed by atoms with Crippen LogP contribution in [0.2, 0.25) is 0 Å². The van der Waals surface area contributed by atoms with Gasteiger partial charge in [0.1, 0.15) is 29.0 Å². The largest absolute Gasteiger partial charge is 0.494 e. The molecule has 0 aliphatic heterocycles. The zero-order valence-corrected chi connectivity index (χ0v) is 21.4. The number of rotatable bonds is 9. The third-order valence-corrected chi connectivity index (χ3v) is 8.42. The van der Waals surface area contributed by atoms with Crippen LogP contribution in [0.25, 0.3) is 16.5 Å². The number of aliphatic hydroxyl groups excluding tert-OH is 1. The van der Waals surface area contributed by atoms with Gasteiger partial charge in [-0.15, -0.1) is 21.5 Å². The summed E-state index contributed by atoms with van der Waals surface area (Å²) in [7, 11) is -1.09. The zero-order valence-electron chi connectivity index (χ0n) is 19.8. The van der Waals surface area contributed by atoms with Crippen LogP contribution < -0.4 is 9.47 Å². The Morgan fingerprint density at radius 2 is 1.78 bits per heavy atom. The minimum Gasteiger partial charge on any atom is -0.494 e. The summed E-state index contributed by atoms with van der Waals surface area (Å²) >= 11 is 1.33. The van der Waals surface area contributed by atoms with Gasteiger partial charge in [-0.05, 0) is 26.0 Å². The molecule has 3 heterocycles. The third kappa shape index (κ3) is 4.92. The Morgan fingerprint density at radius 1 is 1.14 bits per heavy atom. The van der Waals surface area contributed by atoms with Gasteiger partial charge in [-0.25, -0.2) is 27.8 Å². The highest BCUT2D eigenvalue weighted by Gasteiger charge is 2.34. The second-order valence-corrected chi connectivity index (χ2v) is 11.0. The summed E-state index contributed by atoms with van der Waals surface area (Å²) in [5.74, 6) is -0.351. The summed E-state index contributed by atoms with van der Waals surface area (Å²) in [5, 5.41) is 20.0. The van der Waals surface area contributed by atoms with Crippen molar-refractivity contribution in [3.63, 3.8) is 0 Å². The van der Waals surface area contributed by atoms with E-state index in [0.717, 1.165) is 18.1 Å². The molecule has 0 saturated carbocycles. The van der Waals surface area contributed by atoms with Crippen molar-refractivity contribution in [3.05, 3.63) is 59.1 Å². The van der Waals surface area contributed by atoms with Gasteiger partial charge in [0.25, 0.3) is 0 Å². The minimum atomic E-state index is -4.05. The number of ether oxygens (including phenoxy) is 2. The quantitative estimate of drug-likeness (QED) is 0.340. The van der Waals surface area contributed by atoms with Crippen molar-refractivity contribution in [1.29, 1.82) is 0 Å². The molecule has 0 spiro atoms. The van der Waals surface area contributed by atoms with E-state index in [1.807, 2.05) is 12.3 Å². The summed E-state index contributed by atoms with van der Waals surface area (Å²) in [5.41, 5.74) is 1.16. The maximum absolute atomic E-state index is 13.4. The number of benzene rings is 1. The molecule has 2 atom stereocenters. The molecule has 0 saturated heterocycles. The van der Waals surface area contributed by atoms with Crippen molar-refractivity contribution in [1.82, 2.24) is 29.7 Å². The van der Waals surface area contributed by atoms with Gasteiger partial charge in [0, 0.05) is 11.1 Å². The fourth-order valence-corrected chi connectivity index (χ4v) is 5.58. The number of hydrogen-bond acceptors (Lipinski definition) is 11. The molecule has 4 aromatic rings. The SMILES string of the molecule is COc1cccc(OC)c1-n1c(CS(=O)(=O)[C@H](C)[C@@H](O)c2ncc(F)cn2)nnc1-c1nc(C)cs1. The van der Waals surface area contributed by atoms with Crippen LogP contribution >= 0.6 is 11.3 Å². The fraction of sp³-hybridized carbons (Fsp3) is 0.318. The predicted octanol–water partition coefficient (Wildman–Crippen LogP) is 2.68. The second-order valence-electron chi connectivity index (χ2n) is 7.80. The normalized spacial score (nSPS) is 13.4. The lowest BCUT2D eigenvalue weighted by atomic mass is 10.2. The molecule has 3 aromatic heterocycles. The van der Waals surface area contributed by atoms with E-state index in [1.54, 1.807) is 18.2 Å². The number of thiazole rings is 1. The number of sulfone groups is 1. The van der Waals surface area contributed by atoms with Crippen molar-refractivity contribution < 1.29 is 27.4 Å². The molecule has 0 amide bonds. The molecule has 0 radical (unpaired) electrons. The summed E-state index contributed by atoms with van der Waals surface area (Å²) in [6.07, 6.45) is 0.129. The van der Waals surface area contributed by atoms with Gasteiger partial charge >= 0.3 is 0 Å². The molecule has 190 valence electrons. The lowest BCUT2D eigenvalue weighted by Gasteiger charge is -2.19. The van der Waals surface area contributed by atoms with Gasteiger partial charge in [-0.1, -0.05) is 6.07 Å². The minimum absolute atomic E-state index is 0.0553. The summed E-state index contributed by atoms with van der Waals surface area (Å²) in [6.45, 7) is 3.15. The van der Waals surface area contributed by atoms with E-state index >= 15 is 0 Å². The van der Waals surface area contributed by atoms with Crippen LogP contribution in [0.5, 0.6) is 11.5 Å². The third-order valence-electron chi connectivity index (χ3n) is 5.41. The molecular formula is C22H23FN6O5S2. The Bertz CT molecular complexity index is 1450. The van der Waals surface area contributed by atoms with E-state index in [9.17, 15) is 17.9 Å². The van der Waals surface area contributed by atoms with Gasteiger partial charge in [0.05, 0.1) is 31.9 Å².